The molecule has 0 aromatic heterocycles. The van der Waals surface area contributed by atoms with Crippen molar-refractivity contribution in [2.24, 2.45) is 0 Å². The van der Waals surface area contributed by atoms with Gasteiger partial charge in [0.1, 0.15) is 0 Å². The predicted molar refractivity (Wildman–Crippen MR) is 290 cm³/mol. The monoisotopic (exact) mass is 883 g/mol. The third-order valence-corrected chi connectivity index (χ3v) is 14.7. The van der Waals surface area contributed by atoms with Crippen molar-refractivity contribution >= 4 is 11.4 Å². The number of anilines is 2. The van der Waals surface area contributed by atoms with Gasteiger partial charge in [0.25, 0.3) is 0 Å². The quantitative estimate of drug-likeness (QED) is 0.0348. The van der Waals surface area contributed by atoms with Gasteiger partial charge < -0.3 is 11.5 Å². The molecule has 2 atom stereocenters. The summed E-state index contributed by atoms with van der Waals surface area (Å²) in [6.07, 6.45) is 44.8. The molecule has 0 saturated heterocycles. The number of nitrogens with two attached hydrogens (primary N) is 2. The third-order valence-electron chi connectivity index (χ3n) is 14.7. The molecule has 4 aromatic rings. The molecule has 2 heteroatoms. The average Bonchev–Trinajstić information content (AvgIpc) is 3.30. The third kappa shape index (κ3) is 22.2. The van der Waals surface area contributed by atoms with Crippen LogP contribution in [0.25, 0.3) is 0 Å². The number of benzene rings is 4. The number of hydrogen-bond acceptors (Lipinski definition) is 2. The zero-order valence-electron chi connectivity index (χ0n) is 42.7. The molecular weight excluding hydrogens is 785 g/mol. The topological polar surface area (TPSA) is 52.0 Å². The number of hydrogen-bond donors (Lipinski definition) is 2. The second-order valence-corrected chi connectivity index (χ2v) is 20.4. The molecule has 65 heavy (non-hydrogen) atoms. The Labute approximate surface area is 402 Å². The Morgan fingerprint density at radius 2 is 0.600 bits per heavy atom. The summed E-state index contributed by atoms with van der Waals surface area (Å²) in [6, 6.07) is 32.5. The van der Waals surface area contributed by atoms with Gasteiger partial charge in [0.05, 0.1) is 0 Å². The van der Waals surface area contributed by atoms with Crippen molar-refractivity contribution in [1.82, 2.24) is 0 Å². The second kappa shape index (κ2) is 33.9. The highest BCUT2D eigenvalue weighted by Gasteiger charge is 2.18. The van der Waals surface area contributed by atoms with Crippen LogP contribution in [0.2, 0.25) is 0 Å². The molecule has 2 unspecified atom stereocenters. The minimum absolute atomic E-state index is 0.460. The highest BCUT2D eigenvalue weighted by atomic mass is 14.5. The molecule has 360 valence electrons. The number of unbranched alkanes of at least 4 members (excludes halogenated alkanes) is 26. The highest BCUT2D eigenvalue weighted by molar-refractivity contribution is 5.49. The van der Waals surface area contributed by atoms with Crippen molar-refractivity contribution in [3.63, 3.8) is 0 Å². The normalized spacial score (nSPS) is 12.5. The van der Waals surface area contributed by atoms with Crippen LogP contribution in [0, 0.1) is 13.8 Å². The molecule has 4 rings (SSSR count). The van der Waals surface area contributed by atoms with Crippen LogP contribution < -0.4 is 11.5 Å². The van der Waals surface area contributed by atoms with Gasteiger partial charge in [-0.2, -0.15) is 0 Å². The first-order chi connectivity index (χ1) is 31.9. The Hall–Kier alpha value is -3.52. The number of nitrogen functional groups attached to an aromatic ring is 2. The van der Waals surface area contributed by atoms with E-state index in [1.807, 2.05) is 0 Å². The zero-order chi connectivity index (χ0) is 46.2. The highest BCUT2D eigenvalue weighted by Crippen LogP contribution is 2.35. The summed E-state index contributed by atoms with van der Waals surface area (Å²) in [4.78, 5) is 0. The molecule has 0 bridgehead atoms. The molecule has 0 radical (unpaired) electrons. The summed E-state index contributed by atoms with van der Waals surface area (Å²) in [5, 5.41) is 0. The van der Waals surface area contributed by atoms with Gasteiger partial charge in [0.15, 0.2) is 0 Å². The van der Waals surface area contributed by atoms with Gasteiger partial charge in [0.2, 0.25) is 0 Å². The molecule has 0 aliphatic heterocycles. The van der Waals surface area contributed by atoms with E-state index in [-0.39, 0.29) is 0 Å². The molecule has 2 nitrogen and oxygen atoms in total. The summed E-state index contributed by atoms with van der Waals surface area (Å²) in [5.74, 6) is 0.920. The van der Waals surface area contributed by atoms with Crippen LogP contribution in [-0.2, 0) is 12.8 Å². The van der Waals surface area contributed by atoms with Gasteiger partial charge in [-0.25, -0.2) is 0 Å². The summed E-state index contributed by atoms with van der Waals surface area (Å²) in [7, 11) is 0. The maximum absolute atomic E-state index is 6.16. The Balaban J connectivity index is 1.05. The van der Waals surface area contributed by atoms with Gasteiger partial charge >= 0.3 is 0 Å². The van der Waals surface area contributed by atoms with Crippen LogP contribution >= 0.6 is 0 Å². The molecule has 0 fully saturated rings. The first-order valence-corrected chi connectivity index (χ1v) is 27.8. The van der Waals surface area contributed by atoms with E-state index < -0.39 is 0 Å². The van der Waals surface area contributed by atoms with Crippen LogP contribution in [0.1, 0.15) is 269 Å². The van der Waals surface area contributed by atoms with E-state index in [4.69, 9.17) is 11.5 Å². The van der Waals surface area contributed by atoms with Gasteiger partial charge in [0, 0.05) is 23.2 Å². The van der Waals surface area contributed by atoms with Gasteiger partial charge in [-0.1, -0.05) is 248 Å². The Morgan fingerprint density at radius 3 is 0.892 bits per heavy atom. The van der Waals surface area contributed by atoms with E-state index >= 15 is 0 Å². The van der Waals surface area contributed by atoms with Crippen LogP contribution in [0.15, 0.2) is 84.9 Å². The summed E-state index contributed by atoms with van der Waals surface area (Å²) >= 11 is 0. The first kappa shape index (κ1) is 54.1. The van der Waals surface area contributed by atoms with Crippen LogP contribution in [0.5, 0.6) is 0 Å². The van der Waals surface area contributed by atoms with Crippen molar-refractivity contribution in [1.29, 1.82) is 0 Å². The van der Waals surface area contributed by atoms with Gasteiger partial charge in [-0.3, -0.25) is 0 Å². The lowest BCUT2D eigenvalue weighted by molar-refractivity contribution is 0.544. The Bertz CT molecular complexity index is 1640. The molecular formula is C63H98N2. The van der Waals surface area contributed by atoms with Crippen molar-refractivity contribution in [3.05, 3.63) is 129 Å². The van der Waals surface area contributed by atoms with E-state index in [2.05, 4.69) is 113 Å². The molecule has 0 amide bonds. The van der Waals surface area contributed by atoms with Gasteiger partial charge in [-0.15, -0.1) is 0 Å². The van der Waals surface area contributed by atoms with Crippen molar-refractivity contribution < 1.29 is 0 Å². The maximum Gasteiger partial charge on any atom is 0.0316 e. The fourth-order valence-electron chi connectivity index (χ4n) is 10.6. The van der Waals surface area contributed by atoms with E-state index in [0.717, 1.165) is 11.4 Å². The number of rotatable bonds is 38. The summed E-state index contributed by atoms with van der Waals surface area (Å²) < 4.78 is 0. The Morgan fingerprint density at radius 1 is 0.323 bits per heavy atom. The molecule has 0 aliphatic rings. The predicted octanol–water partition coefficient (Wildman–Crippen LogP) is 19.6. The van der Waals surface area contributed by atoms with E-state index in [0.29, 0.717) is 11.8 Å². The smallest absolute Gasteiger partial charge is 0.0316 e. The van der Waals surface area contributed by atoms with E-state index in [9.17, 15) is 0 Å². The average molecular weight is 883 g/mol. The fraction of sp³-hybridized carbons (Fsp3) is 0.619. The largest absolute Gasteiger partial charge is 0.399 e. The van der Waals surface area contributed by atoms with Crippen LogP contribution in [-0.4, -0.2) is 0 Å². The molecule has 0 aliphatic carbocycles. The number of aryl methyl sites for hydroxylation is 4. The summed E-state index contributed by atoms with van der Waals surface area (Å²) in [5.41, 5.74) is 25.6. The van der Waals surface area contributed by atoms with Crippen LogP contribution in [0.3, 0.4) is 0 Å². The lowest BCUT2D eigenvalue weighted by atomic mass is 9.84. The molecule has 0 saturated carbocycles. The van der Waals surface area contributed by atoms with Crippen molar-refractivity contribution in [2.75, 3.05) is 11.5 Å². The molecule has 0 spiro atoms. The maximum atomic E-state index is 6.16. The Kier molecular flexibility index (Phi) is 28.2. The van der Waals surface area contributed by atoms with Crippen molar-refractivity contribution in [2.45, 2.75) is 251 Å². The van der Waals surface area contributed by atoms with Crippen LogP contribution in [0.4, 0.5) is 11.4 Å². The van der Waals surface area contributed by atoms with Crippen molar-refractivity contribution in [3.8, 4) is 0 Å². The minimum atomic E-state index is 0.460. The molecule has 4 aromatic carbocycles. The fourth-order valence-corrected chi connectivity index (χ4v) is 10.6. The SMILES string of the molecule is CCCCCCCCCCCC(c1ccc(CCCCCCCCCCCCCc2ccc(C(CCCCCCCCCCC)c3ccc(N)cc3C)cc2)cc1)c1ccc(N)cc1C. The lowest BCUT2D eigenvalue weighted by Gasteiger charge is -2.21. The first-order valence-electron chi connectivity index (χ1n) is 27.8. The molecule has 4 N–H and O–H groups in total. The lowest BCUT2D eigenvalue weighted by Crippen LogP contribution is -2.05. The standard InChI is InChI=1S/C63H98N2/c1-5-7-9-11-13-18-24-28-32-36-62(60-48-46-58(64)50-52(60)3)56-42-38-54(39-43-56)34-30-26-22-20-16-15-17-21-23-27-31-35-55-40-44-57(45-41-55)63(61-49-47-59(65)51-53(61)4)37-33-29-25-19-14-12-10-8-6-2/h38-51,62-63H,5-37,64-65H2,1-4H3. The minimum Gasteiger partial charge on any atom is -0.399 e. The second-order valence-electron chi connectivity index (χ2n) is 20.4. The van der Waals surface area contributed by atoms with Gasteiger partial charge in [-0.05, 0) is 121 Å². The summed E-state index contributed by atoms with van der Waals surface area (Å²) in [6.45, 7) is 9.08. The van der Waals surface area contributed by atoms with E-state index in [1.54, 1.807) is 0 Å². The van der Waals surface area contributed by atoms with E-state index in [1.165, 1.54) is 256 Å². The zero-order valence-corrected chi connectivity index (χ0v) is 42.7. The molecule has 0 heterocycles.